The smallest absolute Gasteiger partial charge is 0.328 e. The summed E-state index contributed by atoms with van der Waals surface area (Å²) in [7, 11) is 0. The van der Waals surface area contributed by atoms with Crippen molar-refractivity contribution >= 4 is 23.3 Å². The van der Waals surface area contributed by atoms with Gasteiger partial charge in [0, 0.05) is 50.2 Å². The van der Waals surface area contributed by atoms with Gasteiger partial charge in [-0.3, -0.25) is 15.0 Å². The zero-order chi connectivity index (χ0) is 15.3. The Hall–Kier alpha value is -2.15. The van der Waals surface area contributed by atoms with Gasteiger partial charge in [-0.2, -0.15) is 0 Å². The van der Waals surface area contributed by atoms with Gasteiger partial charge < -0.3 is 10.2 Å². The number of imide groups is 1. The highest BCUT2D eigenvalue weighted by Gasteiger charge is 2.47. The Balaban J connectivity index is 1.51. The molecule has 3 heterocycles. The predicted molar refractivity (Wildman–Crippen MR) is 79.4 cm³/mol. The highest BCUT2D eigenvalue weighted by Crippen LogP contribution is 2.38. The van der Waals surface area contributed by atoms with Crippen LogP contribution in [0.3, 0.4) is 0 Å². The first-order valence-electron chi connectivity index (χ1n) is 7.43. The molecule has 7 heteroatoms. The Kier molecular flexibility index (Phi) is 2.87. The van der Waals surface area contributed by atoms with Crippen LogP contribution in [0.15, 0.2) is 18.2 Å². The van der Waals surface area contributed by atoms with Crippen LogP contribution in [0.25, 0.3) is 0 Å². The number of hydrogen-bond donors (Lipinski definition) is 2. The van der Waals surface area contributed by atoms with E-state index in [-0.39, 0.29) is 24.6 Å². The highest BCUT2D eigenvalue weighted by molar-refractivity contribution is 6.05. The van der Waals surface area contributed by atoms with Crippen molar-refractivity contribution in [1.82, 2.24) is 10.6 Å². The number of amides is 3. The largest absolute Gasteiger partial charge is 0.370 e. The standard InChI is InChI=1S/C15H17FN4O2/c16-11-5-10(19-8-15(9-19)6-17-7-15)1-2-12(11)20-4-3-13(21)18-14(20)22/h1-2,5,17H,3-4,6-9H2,(H,18,21,22). The number of halogens is 1. The second kappa shape index (κ2) is 4.67. The summed E-state index contributed by atoms with van der Waals surface area (Å²) in [6.07, 6.45) is 0.189. The lowest BCUT2D eigenvalue weighted by Gasteiger charge is -2.57. The second-order valence-electron chi connectivity index (χ2n) is 6.35. The zero-order valence-corrected chi connectivity index (χ0v) is 12.1. The average Bonchev–Trinajstić information content (AvgIpc) is 2.37. The lowest BCUT2D eigenvalue weighted by molar-refractivity contribution is -0.120. The molecule has 22 heavy (non-hydrogen) atoms. The van der Waals surface area contributed by atoms with Crippen LogP contribution >= 0.6 is 0 Å². The van der Waals surface area contributed by atoms with Crippen LogP contribution in [0, 0.1) is 11.2 Å². The number of hydrogen-bond acceptors (Lipinski definition) is 4. The van der Waals surface area contributed by atoms with Crippen LogP contribution in [0.5, 0.6) is 0 Å². The molecule has 3 fully saturated rings. The average molecular weight is 304 g/mol. The van der Waals surface area contributed by atoms with Crippen molar-refractivity contribution in [2.75, 3.05) is 42.5 Å². The van der Waals surface area contributed by atoms with Gasteiger partial charge in [-0.15, -0.1) is 0 Å². The van der Waals surface area contributed by atoms with Gasteiger partial charge in [0.2, 0.25) is 5.91 Å². The highest BCUT2D eigenvalue weighted by atomic mass is 19.1. The summed E-state index contributed by atoms with van der Waals surface area (Å²) in [5.74, 6) is -0.757. The number of carbonyl (C=O) groups is 2. The van der Waals surface area contributed by atoms with Gasteiger partial charge in [0.05, 0.1) is 5.69 Å². The molecule has 0 aliphatic carbocycles. The number of carbonyl (C=O) groups excluding carboxylic acids is 2. The summed E-state index contributed by atoms with van der Waals surface area (Å²) in [6, 6.07) is 4.36. The van der Waals surface area contributed by atoms with Crippen molar-refractivity contribution in [2.24, 2.45) is 5.41 Å². The number of rotatable bonds is 2. The summed E-state index contributed by atoms with van der Waals surface area (Å²) < 4.78 is 14.4. The third-order valence-corrected chi connectivity index (χ3v) is 4.69. The van der Waals surface area contributed by atoms with E-state index in [1.54, 1.807) is 6.07 Å². The number of urea groups is 1. The molecule has 0 unspecified atom stereocenters. The lowest BCUT2D eigenvalue weighted by atomic mass is 9.74. The Morgan fingerprint density at radius 3 is 2.55 bits per heavy atom. The van der Waals surface area contributed by atoms with Crippen LogP contribution in [0.2, 0.25) is 0 Å². The van der Waals surface area contributed by atoms with Crippen LogP contribution in [-0.4, -0.2) is 44.7 Å². The molecule has 0 atom stereocenters. The van der Waals surface area contributed by atoms with Crippen molar-refractivity contribution in [2.45, 2.75) is 6.42 Å². The Labute approximate surface area is 127 Å². The Morgan fingerprint density at radius 2 is 1.95 bits per heavy atom. The van der Waals surface area contributed by atoms with E-state index in [0.29, 0.717) is 5.41 Å². The molecule has 1 spiro atoms. The molecule has 0 bridgehead atoms. The molecule has 2 N–H and O–H groups in total. The van der Waals surface area contributed by atoms with E-state index in [1.807, 2.05) is 6.07 Å². The second-order valence-corrected chi connectivity index (χ2v) is 6.35. The van der Waals surface area contributed by atoms with Gasteiger partial charge in [-0.1, -0.05) is 0 Å². The fourth-order valence-electron chi connectivity index (χ4n) is 3.35. The monoisotopic (exact) mass is 304 g/mol. The SMILES string of the molecule is O=C1CCN(c2ccc(N3CC4(CNC4)C3)cc2F)C(=O)N1. The quantitative estimate of drug-likeness (QED) is 0.843. The van der Waals surface area contributed by atoms with Gasteiger partial charge in [0.25, 0.3) is 0 Å². The molecule has 3 amide bonds. The minimum Gasteiger partial charge on any atom is -0.370 e. The molecule has 3 saturated heterocycles. The molecule has 0 saturated carbocycles. The summed E-state index contributed by atoms with van der Waals surface area (Å²) in [4.78, 5) is 26.4. The van der Waals surface area contributed by atoms with Gasteiger partial charge in [0.15, 0.2) is 0 Å². The molecular weight excluding hydrogens is 287 g/mol. The summed E-state index contributed by atoms with van der Waals surface area (Å²) in [6.45, 7) is 4.16. The molecule has 4 rings (SSSR count). The van der Waals surface area contributed by atoms with E-state index in [9.17, 15) is 14.0 Å². The molecule has 0 aromatic heterocycles. The van der Waals surface area contributed by atoms with Crippen molar-refractivity contribution in [3.8, 4) is 0 Å². The lowest BCUT2D eigenvalue weighted by Crippen LogP contribution is -2.71. The summed E-state index contributed by atoms with van der Waals surface area (Å²) in [5, 5.41) is 5.47. The summed E-state index contributed by atoms with van der Waals surface area (Å²) >= 11 is 0. The maximum atomic E-state index is 14.4. The van der Waals surface area contributed by atoms with E-state index in [2.05, 4.69) is 15.5 Å². The maximum Gasteiger partial charge on any atom is 0.328 e. The number of anilines is 2. The summed E-state index contributed by atoms with van der Waals surface area (Å²) in [5.41, 5.74) is 1.43. The normalized spacial score (nSPS) is 23.1. The first-order chi connectivity index (χ1) is 10.6. The van der Waals surface area contributed by atoms with Crippen molar-refractivity contribution < 1.29 is 14.0 Å². The topological polar surface area (TPSA) is 64.7 Å². The molecule has 1 aromatic carbocycles. The molecule has 3 aliphatic rings. The van der Waals surface area contributed by atoms with E-state index in [0.717, 1.165) is 31.9 Å². The Morgan fingerprint density at radius 1 is 1.18 bits per heavy atom. The van der Waals surface area contributed by atoms with Gasteiger partial charge in [-0.05, 0) is 18.2 Å². The molecule has 3 aliphatic heterocycles. The van der Waals surface area contributed by atoms with Crippen molar-refractivity contribution in [3.05, 3.63) is 24.0 Å². The molecule has 6 nitrogen and oxygen atoms in total. The zero-order valence-electron chi connectivity index (χ0n) is 12.1. The van der Waals surface area contributed by atoms with Crippen molar-refractivity contribution in [3.63, 3.8) is 0 Å². The third-order valence-electron chi connectivity index (χ3n) is 4.69. The van der Waals surface area contributed by atoms with E-state index >= 15 is 0 Å². The molecule has 1 aromatic rings. The minimum atomic E-state index is -0.564. The fraction of sp³-hybridized carbons (Fsp3) is 0.467. The van der Waals surface area contributed by atoms with Crippen molar-refractivity contribution in [1.29, 1.82) is 0 Å². The van der Waals surface area contributed by atoms with Crippen LogP contribution in [0.4, 0.5) is 20.6 Å². The maximum absolute atomic E-state index is 14.4. The number of nitrogens with one attached hydrogen (secondary N) is 2. The fourth-order valence-corrected chi connectivity index (χ4v) is 3.35. The molecular formula is C15H17FN4O2. The first-order valence-corrected chi connectivity index (χ1v) is 7.43. The van der Waals surface area contributed by atoms with Gasteiger partial charge in [0.1, 0.15) is 5.82 Å². The molecule has 116 valence electrons. The first kappa shape index (κ1) is 13.5. The number of benzene rings is 1. The Bertz CT molecular complexity index is 651. The van der Waals surface area contributed by atoms with Gasteiger partial charge in [-0.25, -0.2) is 9.18 Å². The number of nitrogens with zero attached hydrogens (tertiary/aromatic N) is 2. The van der Waals surface area contributed by atoms with E-state index in [4.69, 9.17) is 0 Å². The van der Waals surface area contributed by atoms with Crippen LogP contribution in [0.1, 0.15) is 6.42 Å². The third kappa shape index (κ3) is 2.04. The van der Waals surface area contributed by atoms with Crippen LogP contribution < -0.4 is 20.4 Å². The van der Waals surface area contributed by atoms with E-state index in [1.165, 1.54) is 11.0 Å². The van der Waals surface area contributed by atoms with E-state index < -0.39 is 11.8 Å². The molecule has 0 radical (unpaired) electrons. The van der Waals surface area contributed by atoms with Crippen LogP contribution in [-0.2, 0) is 4.79 Å². The minimum absolute atomic E-state index is 0.189. The van der Waals surface area contributed by atoms with Gasteiger partial charge >= 0.3 is 6.03 Å². The predicted octanol–water partition coefficient (Wildman–Crippen LogP) is 0.682.